The van der Waals surface area contributed by atoms with Crippen LogP contribution in [0.4, 0.5) is 0 Å². The van der Waals surface area contributed by atoms with Gasteiger partial charge in [-0.3, -0.25) is 38.4 Å². The van der Waals surface area contributed by atoms with E-state index in [4.69, 9.17) is 29.9 Å². The zero-order chi connectivity index (χ0) is 50.2. The number of hydrogen-bond acceptors (Lipinski definition) is 17. The van der Waals surface area contributed by atoms with Gasteiger partial charge in [-0.2, -0.15) is 5.21 Å². The summed E-state index contributed by atoms with van der Waals surface area (Å²) in [5.41, 5.74) is 5.12. The van der Waals surface area contributed by atoms with Crippen molar-refractivity contribution in [3.05, 3.63) is 5.82 Å². The SMILES string of the molecule is CC(=O)N(CC(=O)N[C@H](CO)C(=O)N[C@@H](CCC(N)=O)C(=O)N[C@@H](CO)C(=O)O)OCCOCCNC(=O)COCCOCCNC(=O)CCCCCCCCCCCCCCCc1nn[nH]n1. The van der Waals surface area contributed by atoms with Gasteiger partial charge in [-0.1, -0.05) is 75.8 Å². The Kier molecular flexibility index (Phi) is 35.3. The number of aliphatic hydroxyl groups excluding tert-OH is 2. The third-order valence-electron chi connectivity index (χ3n) is 9.99. The van der Waals surface area contributed by atoms with Gasteiger partial charge >= 0.3 is 5.97 Å². The number of aliphatic carboxylic acids is 1. The lowest BCUT2D eigenvalue weighted by atomic mass is 10.0. The number of rotatable bonds is 44. The molecule has 3 atom stereocenters. The molecule has 0 radical (unpaired) electrons. The number of hydroxylamine groups is 2. The molecule has 26 heteroatoms. The molecule has 1 heterocycles. The number of nitrogens with two attached hydrogens (primary N) is 1. The highest BCUT2D eigenvalue weighted by Gasteiger charge is 2.30. The number of hydrogen-bond donors (Lipinski definition) is 10. The van der Waals surface area contributed by atoms with Crippen molar-refractivity contribution in [1.82, 2.24) is 52.3 Å². The summed E-state index contributed by atoms with van der Waals surface area (Å²) >= 11 is 0. The van der Waals surface area contributed by atoms with Crippen molar-refractivity contribution < 1.29 is 72.7 Å². The van der Waals surface area contributed by atoms with Crippen LogP contribution >= 0.6 is 0 Å². The van der Waals surface area contributed by atoms with E-state index in [-0.39, 0.29) is 64.4 Å². The largest absolute Gasteiger partial charge is 0.480 e. The third-order valence-corrected chi connectivity index (χ3v) is 9.99. The number of amides is 7. The minimum Gasteiger partial charge on any atom is -0.480 e. The second kappa shape index (κ2) is 39.6. The molecule has 68 heavy (non-hydrogen) atoms. The number of aliphatic hydroxyl groups is 2. The molecule has 0 spiro atoms. The number of carbonyl (C=O) groups is 8. The molecule has 26 nitrogen and oxygen atoms in total. The number of unbranched alkanes of at least 4 members (excludes halogenated alkanes) is 12. The molecular weight excluding hydrogens is 899 g/mol. The van der Waals surface area contributed by atoms with Gasteiger partial charge in [0.1, 0.15) is 31.3 Å². The minimum atomic E-state index is -1.72. The van der Waals surface area contributed by atoms with Crippen molar-refractivity contribution in [3.63, 3.8) is 0 Å². The normalized spacial score (nSPS) is 12.3. The minimum absolute atomic E-state index is 0.00464. The molecule has 0 aromatic carbocycles. The molecule has 7 amide bonds. The average molecular weight is 974 g/mol. The van der Waals surface area contributed by atoms with Crippen LogP contribution in [0.3, 0.4) is 0 Å². The van der Waals surface area contributed by atoms with Gasteiger partial charge in [-0.15, -0.1) is 10.2 Å². The first-order valence-electron chi connectivity index (χ1n) is 23.3. The van der Waals surface area contributed by atoms with Gasteiger partial charge in [0.2, 0.25) is 41.4 Å². The first-order valence-corrected chi connectivity index (χ1v) is 23.3. The van der Waals surface area contributed by atoms with E-state index >= 15 is 0 Å². The van der Waals surface area contributed by atoms with Crippen LogP contribution in [0.25, 0.3) is 0 Å². The molecule has 11 N–H and O–H groups in total. The van der Waals surface area contributed by atoms with Gasteiger partial charge < -0.3 is 61.8 Å². The smallest absolute Gasteiger partial charge is 0.328 e. The number of aromatic amines is 1. The average Bonchev–Trinajstić information content (AvgIpc) is 3.83. The van der Waals surface area contributed by atoms with Gasteiger partial charge in [-0.25, -0.2) is 9.86 Å². The van der Waals surface area contributed by atoms with Crippen LogP contribution in [0, 0.1) is 0 Å². The Morgan fingerprint density at radius 3 is 1.71 bits per heavy atom. The van der Waals surface area contributed by atoms with Crippen molar-refractivity contribution in [3.8, 4) is 0 Å². The number of carbonyl (C=O) groups excluding carboxylic acids is 7. The lowest BCUT2D eigenvalue weighted by Crippen LogP contribution is -2.57. The van der Waals surface area contributed by atoms with Crippen molar-refractivity contribution in [2.75, 3.05) is 79.1 Å². The lowest BCUT2D eigenvalue weighted by molar-refractivity contribution is -0.190. The summed E-state index contributed by atoms with van der Waals surface area (Å²) in [6, 6.07) is -4.90. The first-order chi connectivity index (χ1) is 32.8. The zero-order valence-electron chi connectivity index (χ0n) is 39.3. The van der Waals surface area contributed by atoms with Gasteiger partial charge in [0.05, 0.1) is 52.9 Å². The molecule has 1 aromatic rings. The van der Waals surface area contributed by atoms with Gasteiger partial charge in [0, 0.05) is 39.3 Å². The van der Waals surface area contributed by atoms with Gasteiger partial charge in [0.25, 0.3) is 0 Å². The number of ether oxygens (including phenoxy) is 3. The lowest BCUT2D eigenvalue weighted by Gasteiger charge is -2.24. The number of carboxylic acid groups (broad SMARTS) is 1. The number of aromatic nitrogens is 4. The number of nitrogens with one attached hydrogen (secondary N) is 6. The third kappa shape index (κ3) is 32.3. The maximum absolute atomic E-state index is 12.8. The van der Waals surface area contributed by atoms with Gasteiger partial charge in [-0.05, 0) is 19.3 Å². The topological polar surface area (TPSA) is 378 Å². The predicted molar refractivity (Wildman–Crippen MR) is 240 cm³/mol. The Balaban J connectivity index is 2.06. The van der Waals surface area contributed by atoms with Crippen LogP contribution in [-0.2, 0) is 63.8 Å². The maximum atomic E-state index is 12.8. The Bertz CT molecular complexity index is 1590. The number of H-pyrrole nitrogens is 1. The van der Waals surface area contributed by atoms with Crippen LogP contribution < -0.4 is 32.3 Å². The molecule has 1 rings (SSSR count). The molecule has 0 aliphatic heterocycles. The van der Waals surface area contributed by atoms with Crippen molar-refractivity contribution in [2.24, 2.45) is 5.73 Å². The summed E-state index contributed by atoms with van der Waals surface area (Å²) in [6.07, 6.45) is 16.1. The van der Waals surface area contributed by atoms with E-state index in [1.54, 1.807) is 0 Å². The number of tetrazole rings is 1. The number of carboxylic acids is 1. The molecule has 0 aliphatic carbocycles. The molecule has 0 saturated carbocycles. The molecule has 0 unspecified atom stereocenters. The second-order valence-electron chi connectivity index (χ2n) is 15.7. The summed E-state index contributed by atoms with van der Waals surface area (Å²) in [6.45, 7) is -0.606. The number of primary amides is 1. The quantitative estimate of drug-likeness (QED) is 0.0251. The van der Waals surface area contributed by atoms with Crippen LogP contribution in [-0.4, -0.2) is 186 Å². The van der Waals surface area contributed by atoms with E-state index in [1.165, 1.54) is 57.8 Å². The molecule has 1 aromatic heterocycles. The molecule has 0 saturated heterocycles. The van der Waals surface area contributed by atoms with Crippen LogP contribution in [0.2, 0.25) is 0 Å². The highest BCUT2D eigenvalue weighted by Crippen LogP contribution is 2.13. The fraction of sp³-hybridized carbons (Fsp3) is 0.786. The van der Waals surface area contributed by atoms with E-state index in [9.17, 15) is 48.6 Å². The van der Waals surface area contributed by atoms with E-state index in [1.807, 2.05) is 5.32 Å². The summed E-state index contributed by atoms with van der Waals surface area (Å²) in [5, 5.41) is 54.5. The maximum Gasteiger partial charge on any atom is 0.328 e. The Morgan fingerprint density at radius 1 is 0.632 bits per heavy atom. The fourth-order valence-corrected chi connectivity index (χ4v) is 6.26. The summed E-state index contributed by atoms with van der Waals surface area (Å²) in [4.78, 5) is 102. The first kappa shape index (κ1) is 60.6. The van der Waals surface area contributed by atoms with E-state index < -0.39 is 79.8 Å². The standard InChI is InChI=1S/C42H75N11O15/c1-31(56)53(27-38(59)46-33(28-54)41(62)47-32(17-18-35(43)57)40(61)48-34(29-55)42(63)64)68-26-25-66-22-20-45-39(60)30-67-24-23-65-21-19-44-37(58)16-14-12-10-8-6-4-2-3-5-7-9-11-13-15-36-49-51-52-50-36/h32-34,54-55H,2-30H2,1H3,(H2,43,57)(H,44,58)(H,45,60)(H,46,59)(H,47,62)(H,48,61)(H,63,64)(H,49,50,51,52)/t32-,33+,34-/m0/s1. The van der Waals surface area contributed by atoms with Crippen molar-refractivity contribution in [1.29, 1.82) is 0 Å². The molecular formula is C42H75N11O15. The monoisotopic (exact) mass is 974 g/mol. The van der Waals surface area contributed by atoms with Crippen LogP contribution in [0.1, 0.15) is 115 Å². The molecule has 388 valence electrons. The Hall–Kier alpha value is -5.41. The molecule has 0 aliphatic rings. The Labute approximate surface area is 396 Å². The van der Waals surface area contributed by atoms with E-state index in [0.717, 1.165) is 44.9 Å². The highest BCUT2D eigenvalue weighted by atomic mass is 16.7. The van der Waals surface area contributed by atoms with Crippen LogP contribution in [0.5, 0.6) is 0 Å². The molecule has 0 bridgehead atoms. The zero-order valence-corrected chi connectivity index (χ0v) is 39.3. The van der Waals surface area contributed by atoms with Gasteiger partial charge in [0.15, 0.2) is 5.82 Å². The van der Waals surface area contributed by atoms with E-state index in [2.05, 4.69) is 41.9 Å². The molecule has 0 fully saturated rings. The number of nitrogens with zero attached hydrogens (tertiary/aromatic N) is 4. The van der Waals surface area contributed by atoms with E-state index in [0.29, 0.717) is 24.6 Å². The summed E-state index contributed by atoms with van der Waals surface area (Å²) in [5.74, 6) is -5.80. The second-order valence-corrected chi connectivity index (χ2v) is 15.7. The summed E-state index contributed by atoms with van der Waals surface area (Å²) in [7, 11) is 0. The number of aryl methyl sites for hydroxylation is 1. The fourth-order valence-electron chi connectivity index (χ4n) is 6.26. The van der Waals surface area contributed by atoms with Crippen LogP contribution in [0.15, 0.2) is 0 Å². The summed E-state index contributed by atoms with van der Waals surface area (Å²) < 4.78 is 16.1. The van der Waals surface area contributed by atoms with Crippen molar-refractivity contribution >= 4 is 47.3 Å². The highest BCUT2D eigenvalue weighted by molar-refractivity contribution is 5.94. The van der Waals surface area contributed by atoms with Crippen molar-refractivity contribution in [2.45, 2.75) is 134 Å². The predicted octanol–water partition coefficient (Wildman–Crippen LogP) is -1.95. The Morgan fingerprint density at radius 2 is 1.16 bits per heavy atom.